The van der Waals surface area contributed by atoms with Gasteiger partial charge < -0.3 is 10.6 Å². The number of nitrogens with two attached hydrogens (primary N) is 1. The van der Waals surface area contributed by atoms with Gasteiger partial charge in [0.25, 0.3) is 0 Å². The fourth-order valence-corrected chi connectivity index (χ4v) is 2.37. The maximum atomic E-state index is 13.6. The van der Waals surface area contributed by atoms with E-state index in [1.165, 1.54) is 12.1 Å². The smallest absolute Gasteiger partial charge is 0.222 e. The predicted octanol–water partition coefficient (Wildman–Crippen LogP) is 2.37. The van der Waals surface area contributed by atoms with Crippen LogP contribution in [0.25, 0.3) is 0 Å². The average molecular weight is 268 g/mol. The van der Waals surface area contributed by atoms with Gasteiger partial charge in [-0.25, -0.2) is 8.78 Å². The van der Waals surface area contributed by atoms with Gasteiger partial charge in [0.1, 0.15) is 0 Å². The summed E-state index contributed by atoms with van der Waals surface area (Å²) in [5.74, 6) is -1.78. The molecule has 1 amide bonds. The zero-order chi connectivity index (χ0) is 13.8. The highest BCUT2D eigenvalue weighted by Crippen LogP contribution is 2.20. The molecule has 1 aromatic carbocycles. The second-order valence-electron chi connectivity index (χ2n) is 4.90. The van der Waals surface area contributed by atoms with E-state index >= 15 is 0 Å². The number of halogens is 2. The molecule has 1 atom stereocenters. The van der Waals surface area contributed by atoms with Gasteiger partial charge in [-0.1, -0.05) is 18.6 Å². The van der Waals surface area contributed by atoms with Gasteiger partial charge in [0, 0.05) is 25.1 Å². The molecule has 0 radical (unpaired) electrons. The fourth-order valence-electron chi connectivity index (χ4n) is 2.37. The van der Waals surface area contributed by atoms with Gasteiger partial charge in [-0.05, 0) is 18.9 Å². The van der Waals surface area contributed by atoms with Crippen molar-refractivity contribution in [1.82, 2.24) is 4.90 Å². The lowest BCUT2D eigenvalue weighted by Crippen LogP contribution is -2.37. The summed E-state index contributed by atoms with van der Waals surface area (Å²) in [4.78, 5) is 13.5. The number of hydrogen-bond donors (Lipinski definition) is 1. The van der Waals surface area contributed by atoms with Crippen molar-refractivity contribution in [1.29, 1.82) is 0 Å². The Morgan fingerprint density at radius 2 is 2.05 bits per heavy atom. The molecule has 1 heterocycles. The van der Waals surface area contributed by atoms with E-state index in [-0.39, 0.29) is 18.0 Å². The van der Waals surface area contributed by atoms with Crippen LogP contribution in [0.1, 0.15) is 37.3 Å². The van der Waals surface area contributed by atoms with Crippen LogP contribution in [0.3, 0.4) is 0 Å². The van der Waals surface area contributed by atoms with Crippen molar-refractivity contribution in [2.24, 2.45) is 5.73 Å². The Morgan fingerprint density at radius 1 is 1.26 bits per heavy atom. The van der Waals surface area contributed by atoms with Crippen molar-refractivity contribution in [2.45, 2.75) is 31.7 Å². The molecular formula is C14H18F2N2O. The summed E-state index contributed by atoms with van der Waals surface area (Å²) < 4.78 is 26.8. The largest absolute Gasteiger partial charge is 0.341 e. The van der Waals surface area contributed by atoms with Crippen molar-refractivity contribution in [3.63, 3.8) is 0 Å². The van der Waals surface area contributed by atoms with Gasteiger partial charge in [0.15, 0.2) is 11.6 Å². The van der Waals surface area contributed by atoms with Crippen LogP contribution in [0.2, 0.25) is 0 Å². The van der Waals surface area contributed by atoms with Gasteiger partial charge in [-0.3, -0.25) is 4.79 Å². The van der Waals surface area contributed by atoms with Crippen LogP contribution >= 0.6 is 0 Å². The molecule has 1 saturated heterocycles. The second-order valence-corrected chi connectivity index (χ2v) is 4.90. The van der Waals surface area contributed by atoms with E-state index in [4.69, 9.17) is 5.73 Å². The van der Waals surface area contributed by atoms with Crippen LogP contribution in [0.4, 0.5) is 8.78 Å². The zero-order valence-electron chi connectivity index (χ0n) is 10.7. The number of benzene rings is 1. The lowest BCUT2D eigenvalue weighted by molar-refractivity contribution is -0.130. The first-order chi connectivity index (χ1) is 9.09. The molecule has 0 bridgehead atoms. The Kier molecular flexibility index (Phi) is 4.47. The quantitative estimate of drug-likeness (QED) is 0.914. The van der Waals surface area contributed by atoms with Gasteiger partial charge in [0.05, 0.1) is 6.04 Å². The molecule has 3 nitrogen and oxygen atoms in total. The number of amides is 1. The van der Waals surface area contributed by atoms with Crippen LogP contribution in [0, 0.1) is 11.6 Å². The fraction of sp³-hybridized carbons (Fsp3) is 0.500. The number of rotatable bonds is 3. The number of likely N-dealkylation sites (tertiary alicyclic amines) is 1. The van der Waals surface area contributed by atoms with Gasteiger partial charge >= 0.3 is 0 Å². The maximum absolute atomic E-state index is 13.6. The number of carbonyl (C=O) groups excluding carboxylic acids is 1. The third kappa shape index (κ3) is 3.29. The molecule has 1 aromatic rings. The van der Waals surface area contributed by atoms with Crippen LogP contribution in [-0.4, -0.2) is 23.9 Å². The molecule has 104 valence electrons. The standard InChI is InChI=1S/C14H18F2N2O/c15-11-6-4-5-10(14(11)16)12(17)9-18-8-3-1-2-7-13(18)19/h4-6,12H,1-3,7-9,17H2. The molecule has 0 aliphatic carbocycles. The molecule has 5 heteroatoms. The minimum atomic E-state index is -0.919. The molecular weight excluding hydrogens is 250 g/mol. The predicted molar refractivity (Wildman–Crippen MR) is 68.3 cm³/mol. The normalized spacial score (nSPS) is 18.3. The van der Waals surface area contributed by atoms with Crippen LogP contribution < -0.4 is 5.73 Å². The topological polar surface area (TPSA) is 46.3 Å². The first-order valence-corrected chi connectivity index (χ1v) is 6.57. The SMILES string of the molecule is NC(CN1CCCCCC1=O)c1cccc(F)c1F. The summed E-state index contributed by atoms with van der Waals surface area (Å²) >= 11 is 0. The summed E-state index contributed by atoms with van der Waals surface area (Å²) in [5.41, 5.74) is 6.03. The third-order valence-corrected chi connectivity index (χ3v) is 3.47. The molecule has 19 heavy (non-hydrogen) atoms. The van der Waals surface area contributed by atoms with Crippen molar-refractivity contribution >= 4 is 5.91 Å². The van der Waals surface area contributed by atoms with E-state index in [0.29, 0.717) is 13.0 Å². The van der Waals surface area contributed by atoms with Crippen LogP contribution in [0.5, 0.6) is 0 Å². The van der Waals surface area contributed by atoms with Crippen LogP contribution in [0.15, 0.2) is 18.2 Å². The molecule has 2 rings (SSSR count). The minimum Gasteiger partial charge on any atom is -0.341 e. The van der Waals surface area contributed by atoms with Crippen LogP contribution in [-0.2, 0) is 4.79 Å². The van der Waals surface area contributed by atoms with Crippen molar-refractivity contribution < 1.29 is 13.6 Å². The first kappa shape index (κ1) is 13.9. The summed E-state index contributed by atoms with van der Waals surface area (Å²) in [6, 6.07) is 3.25. The average Bonchev–Trinajstić information content (AvgIpc) is 2.58. The van der Waals surface area contributed by atoms with Crippen molar-refractivity contribution in [3.05, 3.63) is 35.4 Å². The highest BCUT2D eigenvalue weighted by atomic mass is 19.2. The minimum absolute atomic E-state index is 0.0461. The summed E-state index contributed by atoms with van der Waals surface area (Å²) in [5, 5.41) is 0. The maximum Gasteiger partial charge on any atom is 0.222 e. The number of carbonyl (C=O) groups is 1. The Balaban J connectivity index is 2.09. The van der Waals surface area contributed by atoms with E-state index in [2.05, 4.69) is 0 Å². The van der Waals surface area contributed by atoms with Crippen molar-refractivity contribution in [3.8, 4) is 0 Å². The van der Waals surface area contributed by atoms with E-state index in [1.807, 2.05) is 0 Å². The Labute approximate surface area is 111 Å². The molecule has 1 aliphatic rings. The Hall–Kier alpha value is -1.49. The number of hydrogen-bond acceptors (Lipinski definition) is 2. The monoisotopic (exact) mass is 268 g/mol. The Bertz CT molecular complexity index is 465. The highest BCUT2D eigenvalue weighted by molar-refractivity contribution is 5.76. The summed E-state index contributed by atoms with van der Waals surface area (Å²) in [6.45, 7) is 0.878. The molecule has 1 unspecified atom stereocenters. The molecule has 0 spiro atoms. The lowest BCUT2D eigenvalue weighted by atomic mass is 10.1. The number of nitrogens with zero attached hydrogens (tertiary/aromatic N) is 1. The van der Waals surface area contributed by atoms with E-state index < -0.39 is 17.7 Å². The molecule has 1 aliphatic heterocycles. The molecule has 0 aromatic heterocycles. The lowest BCUT2D eigenvalue weighted by Gasteiger charge is -2.24. The van der Waals surface area contributed by atoms with Gasteiger partial charge in [-0.2, -0.15) is 0 Å². The Morgan fingerprint density at radius 3 is 2.84 bits per heavy atom. The van der Waals surface area contributed by atoms with Gasteiger partial charge in [-0.15, -0.1) is 0 Å². The third-order valence-electron chi connectivity index (χ3n) is 3.47. The second kappa shape index (κ2) is 6.10. The molecule has 2 N–H and O–H groups in total. The van der Waals surface area contributed by atoms with E-state index in [1.54, 1.807) is 4.90 Å². The molecule has 0 saturated carbocycles. The van der Waals surface area contributed by atoms with Gasteiger partial charge in [0.2, 0.25) is 5.91 Å². The van der Waals surface area contributed by atoms with E-state index in [0.717, 1.165) is 25.3 Å². The first-order valence-electron chi connectivity index (χ1n) is 6.57. The highest BCUT2D eigenvalue weighted by Gasteiger charge is 2.22. The van der Waals surface area contributed by atoms with Crippen molar-refractivity contribution in [2.75, 3.05) is 13.1 Å². The molecule has 1 fully saturated rings. The van der Waals surface area contributed by atoms with E-state index in [9.17, 15) is 13.6 Å². The summed E-state index contributed by atoms with van der Waals surface area (Å²) in [6.07, 6.45) is 3.35. The summed E-state index contributed by atoms with van der Waals surface area (Å²) in [7, 11) is 0. The zero-order valence-corrected chi connectivity index (χ0v) is 10.7.